The molecule has 1 saturated carbocycles. The number of nitrogens with zero attached hydrogens (tertiary/aromatic N) is 1. The minimum Gasteiger partial charge on any atom is -0.344 e. The van der Waals surface area contributed by atoms with Crippen molar-refractivity contribution in [3.05, 3.63) is 17.7 Å². The molecule has 3 N–H and O–H groups in total. The Hall–Kier alpha value is -0.830. The summed E-state index contributed by atoms with van der Waals surface area (Å²) in [5, 5.41) is 0. The van der Waals surface area contributed by atoms with Gasteiger partial charge in [0.05, 0.1) is 5.54 Å². The van der Waals surface area contributed by atoms with E-state index in [0.29, 0.717) is 0 Å². The first-order valence-electron chi connectivity index (χ1n) is 4.58. The molecule has 2 rings (SSSR count). The number of aromatic nitrogens is 2. The predicted octanol–water partition coefficient (Wildman–Crippen LogP) is 1.31. The highest BCUT2D eigenvalue weighted by Crippen LogP contribution is 2.36. The Bertz CT molecular complexity index is 273. The summed E-state index contributed by atoms with van der Waals surface area (Å²) >= 11 is 0. The number of aryl methyl sites for hydroxylation is 1. The lowest BCUT2D eigenvalue weighted by Gasteiger charge is -2.35. The number of nitrogens with two attached hydrogens (primary N) is 1. The van der Waals surface area contributed by atoms with Crippen molar-refractivity contribution in [2.75, 3.05) is 0 Å². The second-order valence-corrected chi connectivity index (χ2v) is 3.62. The number of hydrogen-bond donors (Lipinski definition) is 2. The van der Waals surface area contributed by atoms with E-state index in [1.54, 1.807) is 0 Å². The van der Waals surface area contributed by atoms with Crippen LogP contribution in [0.1, 0.15) is 37.7 Å². The van der Waals surface area contributed by atoms with Crippen LogP contribution in [-0.2, 0) is 12.0 Å². The fourth-order valence-corrected chi connectivity index (χ4v) is 1.59. The van der Waals surface area contributed by atoms with Gasteiger partial charge in [-0.05, 0) is 25.7 Å². The van der Waals surface area contributed by atoms with Crippen LogP contribution in [-0.4, -0.2) is 9.97 Å². The summed E-state index contributed by atoms with van der Waals surface area (Å²) in [5.41, 5.74) is 7.15. The summed E-state index contributed by atoms with van der Waals surface area (Å²) in [7, 11) is 0. The molecule has 1 aromatic heterocycles. The van der Waals surface area contributed by atoms with Gasteiger partial charge in [0.15, 0.2) is 0 Å². The van der Waals surface area contributed by atoms with Crippen molar-refractivity contribution in [3.63, 3.8) is 0 Å². The van der Waals surface area contributed by atoms with Gasteiger partial charge in [0.2, 0.25) is 0 Å². The fraction of sp³-hybridized carbons (Fsp3) is 0.667. The van der Waals surface area contributed by atoms with Crippen LogP contribution in [0.3, 0.4) is 0 Å². The van der Waals surface area contributed by atoms with E-state index in [0.717, 1.165) is 25.1 Å². The van der Waals surface area contributed by atoms with Gasteiger partial charge in [-0.2, -0.15) is 0 Å². The van der Waals surface area contributed by atoms with Gasteiger partial charge in [0.25, 0.3) is 0 Å². The molecule has 1 aliphatic carbocycles. The third kappa shape index (κ3) is 1.05. The number of rotatable bonds is 2. The van der Waals surface area contributed by atoms with Crippen molar-refractivity contribution >= 4 is 0 Å². The van der Waals surface area contributed by atoms with E-state index in [4.69, 9.17) is 5.73 Å². The zero-order valence-corrected chi connectivity index (χ0v) is 7.43. The van der Waals surface area contributed by atoms with E-state index < -0.39 is 0 Å². The highest BCUT2D eigenvalue weighted by Gasteiger charge is 2.36. The highest BCUT2D eigenvalue weighted by atomic mass is 15.0. The molecule has 0 amide bonds. The molecular formula is C9H15N3. The molecule has 12 heavy (non-hydrogen) atoms. The average molecular weight is 165 g/mol. The van der Waals surface area contributed by atoms with Crippen molar-refractivity contribution < 1.29 is 0 Å². The highest BCUT2D eigenvalue weighted by molar-refractivity contribution is 5.13. The van der Waals surface area contributed by atoms with Crippen LogP contribution in [0.25, 0.3) is 0 Å². The fourth-order valence-electron chi connectivity index (χ4n) is 1.59. The molecule has 0 radical (unpaired) electrons. The van der Waals surface area contributed by atoms with E-state index in [2.05, 4.69) is 16.9 Å². The Morgan fingerprint density at radius 1 is 1.67 bits per heavy atom. The molecule has 0 bridgehead atoms. The molecule has 0 atom stereocenters. The van der Waals surface area contributed by atoms with Crippen molar-refractivity contribution in [1.82, 2.24) is 9.97 Å². The Morgan fingerprint density at radius 3 is 2.83 bits per heavy atom. The number of nitrogens with one attached hydrogen (secondary N) is 1. The normalized spacial score (nSPS) is 20.5. The van der Waals surface area contributed by atoms with Crippen LogP contribution in [0.4, 0.5) is 0 Å². The summed E-state index contributed by atoms with van der Waals surface area (Å²) in [4.78, 5) is 7.57. The SMILES string of the molecule is CCc1cnc(C2(N)CCC2)[nH]1. The molecule has 1 heterocycles. The standard InChI is InChI=1S/C9H15N3/c1-2-7-6-11-8(12-7)9(10)4-3-5-9/h6H,2-5,10H2,1H3,(H,11,12). The molecule has 0 aromatic carbocycles. The summed E-state index contributed by atoms with van der Waals surface area (Å²) in [6.45, 7) is 2.11. The molecule has 1 fully saturated rings. The molecule has 0 saturated heterocycles. The quantitative estimate of drug-likeness (QED) is 0.694. The van der Waals surface area contributed by atoms with E-state index in [1.807, 2.05) is 6.20 Å². The number of aromatic amines is 1. The molecule has 66 valence electrons. The first kappa shape index (κ1) is 7.80. The van der Waals surface area contributed by atoms with Gasteiger partial charge in [-0.3, -0.25) is 0 Å². The molecule has 3 heteroatoms. The summed E-state index contributed by atoms with van der Waals surface area (Å²) in [6, 6.07) is 0. The summed E-state index contributed by atoms with van der Waals surface area (Å²) < 4.78 is 0. The van der Waals surface area contributed by atoms with Crippen LogP contribution in [0, 0.1) is 0 Å². The molecule has 1 aromatic rings. The largest absolute Gasteiger partial charge is 0.344 e. The van der Waals surface area contributed by atoms with E-state index in [1.165, 1.54) is 12.1 Å². The maximum absolute atomic E-state index is 6.10. The monoisotopic (exact) mass is 165 g/mol. The van der Waals surface area contributed by atoms with Crippen molar-refractivity contribution in [3.8, 4) is 0 Å². The van der Waals surface area contributed by atoms with Crippen LogP contribution in [0.5, 0.6) is 0 Å². The predicted molar refractivity (Wildman–Crippen MR) is 47.7 cm³/mol. The van der Waals surface area contributed by atoms with Crippen LogP contribution < -0.4 is 5.73 Å². The molecule has 0 unspecified atom stereocenters. The van der Waals surface area contributed by atoms with Gasteiger partial charge in [-0.25, -0.2) is 4.98 Å². The first-order valence-corrected chi connectivity index (χ1v) is 4.58. The Balaban J connectivity index is 2.22. The van der Waals surface area contributed by atoms with Gasteiger partial charge in [-0.1, -0.05) is 6.92 Å². The maximum Gasteiger partial charge on any atom is 0.126 e. The first-order chi connectivity index (χ1) is 5.74. The van der Waals surface area contributed by atoms with Gasteiger partial charge in [-0.15, -0.1) is 0 Å². The minimum atomic E-state index is -0.132. The lowest BCUT2D eigenvalue weighted by Crippen LogP contribution is -2.44. The van der Waals surface area contributed by atoms with Gasteiger partial charge in [0.1, 0.15) is 5.82 Å². The lowest BCUT2D eigenvalue weighted by atomic mass is 9.77. The second-order valence-electron chi connectivity index (χ2n) is 3.62. The Kier molecular flexibility index (Phi) is 1.68. The number of hydrogen-bond acceptors (Lipinski definition) is 2. The molecule has 0 spiro atoms. The van der Waals surface area contributed by atoms with Gasteiger partial charge in [0, 0.05) is 11.9 Å². The zero-order valence-electron chi connectivity index (χ0n) is 7.43. The summed E-state index contributed by atoms with van der Waals surface area (Å²) in [5.74, 6) is 0.977. The number of imidazole rings is 1. The topological polar surface area (TPSA) is 54.7 Å². The summed E-state index contributed by atoms with van der Waals surface area (Å²) in [6.07, 6.45) is 6.28. The number of H-pyrrole nitrogens is 1. The second kappa shape index (κ2) is 2.59. The van der Waals surface area contributed by atoms with E-state index >= 15 is 0 Å². The average Bonchev–Trinajstić information content (AvgIpc) is 2.48. The van der Waals surface area contributed by atoms with E-state index in [9.17, 15) is 0 Å². The van der Waals surface area contributed by atoms with Crippen molar-refractivity contribution in [2.24, 2.45) is 5.73 Å². The molecule has 1 aliphatic rings. The van der Waals surface area contributed by atoms with Crippen LogP contribution in [0.15, 0.2) is 6.20 Å². The lowest BCUT2D eigenvalue weighted by molar-refractivity contribution is 0.240. The van der Waals surface area contributed by atoms with Gasteiger partial charge < -0.3 is 10.7 Å². The van der Waals surface area contributed by atoms with Crippen molar-refractivity contribution in [2.45, 2.75) is 38.1 Å². The van der Waals surface area contributed by atoms with Gasteiger partial charge >= 0.3 is 0 Å². The van der Waals surface area contributed by atoms with Crippen LogP contribution in [0.2, 0.25) is 0 Å². The van der Waals surface area contributed by atoms with E-state index in [-0.39, 0.29) is 5.54 Å². The van der Waals surface area contributed by atoms with Crippen LogP contribution >= 0.6 is 0 Å². The molecule has 0 aliphatic heterocycles. The third-order valence-electron chi connectivity index (χ3n) is 2.73. The Morgan fingerprint density at radius 2 is 2.42 bits per heavy atom. The maximum atomic E-state index is 6.10. The Labute approximate surface area is 72.4 Å². The molecule has 3 nitrogen and oxygen atoms in total. The zero-order chi connectivity index (χ0) is 8.60. The van der Waals surface area contributed by atoms with Crippen molar-refractivity contribution in [1.29, 1.82) is 0 Å². The third-order valence-corrected chi connectivity index (χ3v) is 2.73. The molecular weight excluding hydrogens is 150 g/mol. The smallest absolute Gasteiger partial charge is 0.126 e. The minimum absolute atomic E-state index is 0.132.